The molecule has 2 rings (SSSR count). The van der Waals surface area contributed by atoms with Gasteiger partial charge in [-0.1, -0.05) is 0 Å². The molecule has 0 radical (unpaired) electrons. The Morgan fingerprint density at radius 2 is 1.65 bits per heavy atom. The number of allylic oxidation sites excluding steroid dienone is 4. The van der Waals surface area contributed by atoms with E-state index >= 15 is 0 Å². The van der Waals surface area contributed by atoms with Crippen molar-refractivity contribution in [2.75, 3.05) is 7.11 Å². The average molecular weight is 435 g/mol. The van der Waals surface area contributed by atoms with Crippen LogP contribution in [0.3, 0.4) is 0 Å². The summed E-state index contributed by atoms with van der Waals surface area (Å²) in [4.78, 5) is 0. The van der Waals surface area contributed by atoms with Gasteiger partial charge in [-0.05, 0) is 0 Å². The molecule has 0 fully saturated rings. The Balaban J connectivity index is 0.00000312. The smallest absolute Gasteiger partial charge is 0.147 e. The number of methoxy groups -OCH3 is 1. The Morgan fingerprint density at radius 3 is 2.12 bits per heavy atom. The first-order valence-electron chi connectivity index (χ1n) is 8.84. The van der Waals surface area contributed by atoms with E-state index in [9.17, 15) is 0 Å². The quantitative estimate of drug-likeness (QED) is 0.470. The predicted octanol–water partition coefficient (Wildman–Crippen LogP) is 6.58. The normalized spacial score (nSPS) is 12.6. The van der Waals surface area contributed by atoms with Gasteiger partial charge in [0.15, 0.2) is 0 Å². The topological polar surface area (TPSA) is 18.5 Å². The Hall–Kier alpha value is -0.536. The number of ether oxygens (including phenoxy) is 1. The summed E-state index contributed by atoms with van der Waals surface area (Å²) in [6.45, 7) is 11.2. The average Bonchev–Trinajstić information content (AvgIpc) is 3.08. The molecule has 0 heterocycles. The second-order valence-electron chi connectivity index (χ2n) is 7.21. The molecule has 0 atom stereocenters. The zero-order valence-corrected chi connectivity index (χ0v) is 19.9. The van der Waals surface area contributed by atoms with Gasteiger partial charge >= 0.3 is 153 Å². The van der Waals surface area contributed by atoms with Crippen molar-refractivity contribution in [2.24, 2.45) is 0 Å². The summed E-state index contributed by atoms with van der Waals surface area (Å²) in [7, 11) is 1.72. The fourth-order valence-corrected chi connectivity index (χ4v) is 6.41. The molecule has 0 aromatic heterocycles. The second-order valence-corrected chi connectivity index (χ2v) is 10.7. The minimum atomic E-state index is -1.90. The molecule has 26 heavy (non-hydrogen) atoms. The molecular weight excluding hydrogens is 403 g/mol. The summed E-state index contributed by atoms with van der Waals surface area (Å²) >= 11 is -1.90. The molecule has 1 aliphatic carbocycles. The van der Waals surface area contributed by atoms with Gasteiger partial charge in [-0.2, -0.15) is 0 Å². The van der Waals surface area contributed by atoms with Crippen molar-refractivity contribution < 1.29 is 25.9 Å². The van der Waals surface area contributed by atoms with Crippen LogP contribution in [0.25, 0.3) is 0 Å². The summed E-state index contributed by atoms with van der Waals surface area (Å²) in [6.07, 6.45) is 9.94. The van der Waals surface area contributed by atoms with Gasteiger partial charge in [-0.3, -0.25) is 0 Å². The Kier molecular flexibility index (Phi) is 11.1. The first-order chi connectivity index (χ1) is 11.4. The fraction of sp³-hybridized carbons (Fsp3) is 0.476. The minimum absolute atomic E-state index is 0. The van der Waals surface area contributed by atoms with Crippen molar-refractivity contribution in [2.45, 2.75) is 59.3 Å². The van der Waals surface area contributed by atoms with Crippen LogP contribution in [0, 0.1) is 0 Å². The van der Waals surface area contributed by atoms with Gasteiger partial charge in [0.25, 0.3) is 0 Å². The third-order valence-corrected chi connectivity index (χ3v) is 8.72. The van der Waals surface area contributed by atoms with E-state index in [1.807, 2.05) is 6.07 Å². The van der Waals surface area contributed by atoms with Crippen molar-refractivity contribution in [1.29, 1.82) is 0 Å². The standard InChI is InChI=1S/C11H16O2.C5H5.C5H10.2ClH.Ti/c1-11(2,3)8-5-9(12)7-10(6-8)13-4;1-2-4-5-3-1;1-3-5-4-2;;;/h5-7,12H,1-4H3;1-3H,4H2;3-4H2,1-2H3;2*1H;/q;;;;;+1/p-1. The first-order valence-corrected chi connectivity index (χ1v) is 11.0. The molecule has 0 bridgehead atoms. The number of hydrogen-bond donors (Lipinski definition) is 0. The van der Waals surface area contributed by atoms with Crippen LogP contribution in [0.4, 0.5) is 0 Å². The zero-order valence-electron chi connectivity index (χ0n) is 16.7. The maximum atomic E-state index is 6.66. The van der Waals surface area contributed by atoms with E-state index in [0.717, 1.165) is 30.8 Å². The Morgan fingerprint density at radius 1 is 1.04 bits per heavy atom. The molecule has 0 unspecified atom stereocenters. The van der Waals surface area contributed by atoms with Crippen molar-refractivity contribution in [3.8, 4) is 11.5 Å². The number of rotatable bonds is 6. The van der Waals surface area contributed by atoms with Gasteiger partial charge in [-0.15, -0.1) is 24.8 Å². The number of halogens is 2. The molecule has 0 spiro atoms. The van der Waals surface area contributed by atoms with Gasteiger partial charge in [-0.25, -0.2) is 0 Å². The second kappa shape index (κ2) is 11.3. The van der Waals surface area contributed by atoms with Gasteiger partial charge in [0.05, 0.1) is 0 Å². The molecule has 5 heteroatoms. The molecule has 1 aromatic rings. The Labute approximate surface area is 177 Å². The van der Waals surface area contributed by atoms with Crippen LogP contribution in [0.15, 0.2) is 40.3 Å². The predicted molar refractivity (Wildman–Crippen MR) is 114 cm³/mol. The van der Waals surface area contributed by atoms with E-state index in [1.165, 1.54) is 9.44 Å². The molecular formula is C21H32Cl2O2Ti. The van der Waals surface area contributed by atoms with E-state index < -0.39 is 17.8 Å². The molecule has 0 amide bonds. The van der Waals surface area contributed by atoms with Crippen LogP contribution in [-0.2, 0) is 23.2 Å². The molecule has 1 aliphatic rings. The van der Waals surface area contributed by atoms with E-state index in [2.05, 4.69) is 65.0 Å². The van der Waals surface area contributed by atoms with E-state index in [1.54, 1.807) is 10.9 Å². The summed E-state index contributed by atoms with van der Waals surface area (Å²) < 4.78 is 15.3. The van der Waals surface area contributed by atoms with Gasteiger partial charge in [0.2, 0.25) is 0 Å². The van der Waals surface area contributed by atoms with Crippen LogP contribution in [-0.4, -0.2) is 10.9 Å². The molecule has 0 saturated heterocycles. The van der Waals surface area contributed by atoms with Crippen molar-refractivity contribution in [1.82, 2.24) is 0 Å². The Bertz CT molecular complexity index is 680. The SMILES string of the molecule is CC[C](CC)=[Ti]([O]c1cc(OC)cc(C(C)(C)C)c1)[C]1=CC=CC1.Cl.Cl. The summed E-state index contributed by atoms with van der Waals surface area (Å²) in [5.74, 6) is 1.84. The summed E-state index contributed by atoms with van der Waals surface area (Å²) in [5, 5.41) is 0. The van der Waals surface area contributed by atoms with Crippen LogP contribution in [0.1, 0.15) is 59.4 Å². The molecule has 0 aliphatic heterocycles. The van der Waals surface area contributed by atoms with Gasteiger partial charge in [0.1, 0.15) is 0 Å². The monoisotopic (exact) mass is 434 g/mol. The molecule has 0 N–H and O–H groups in total. The summed E-state index contributed by atoms with van der Waals surface area (Å²) in [5.41, 5.74) is 1.32. The molecule has 146 valence electrons. The van der Waals surface area contributed by atoms with E-state index in [-0.39, 0.29) is 30.2 Å². The van der Waals surface area contributed by atoms with Crippen molar-refractivity contribution >= 4 is 28.6 Å². The van der Waals surface area contributed by atoms with Crippen LogP contribution >= 0.6 is 24.8 Å². The fourth-order valence-electron chi connectivity index (χ4n) is 2.85. The van der Waals surface area contributed by atoms with Crippen LogP contribution in [0.5, 0.6) is 11.5 Å². The van der Waals surface area contributed by atoms with Gasteiger partial charge in [0, 0.05) is 0 Å². The van der Waals surface area contributed by atoms with E-state index in [4.69, 9.17) is 8.06 Å². The van der Waals surface area contributed by atoms with Crippen LogP contribution in [0.2, 0.25) is 0 Å². The maximum absolute atomic E-state index is 6.66. The zero-order chi connectivity index (χ0) is 17.7. The third-order valence-electron chi connectivity index (χ3n) is 4.44. The van der Waals surface area contributed by atoms with Crippen LogP contribution < -0.4 is 8.06 Å². The van der Waals surface area contributed by atoms with E-state index in [0.29, 0.717) is 0 Å². The molecule has 0 saturated carbocycles. The van der Waals surface area contributed by atoms with Crippen molar-refractivity contribution in [3.05, 3.63) is 45.9 Å². The minimum Gasteiger partial charge on any atom is -0.147 e. The first kappa shape index (κ1) is 25.5. The molecule has 1 aromatic carbocycles. The largest absolute Gasteiger partial charge is 0.147 e. The molecule has 2 nitrogen and oxygen atoms in total. The maximum Gasteiger partial charge on any atom is -0.147 e. The number of hydrogen-bond acceptors (Lipinski definition) is 2. The number of benzene rings is 1. The summed E-state index contributed by atoms with van der Waals surface area (Å²) in [6, 6.07) is 6.35. The van der Waals surface area contributed by atoms with Crippen molar-refractivity contribution in [3.63, 3.8) is 0 Å². The van der Waals surface area contributed by atoms with Gasteiger partial charge < -0.3 is 0 Å². The third kappa shape index (κ3) is 6.57.